The zero-order chi connectivity index (χ0) is 59.6. The molecule has 84 heavy (non-hydrogen) atoms. The van der Waals surface area contributed by atoms with E-state index in [2.05, 4.69) is 50.4 Å². The number of nitrogens with two attached hydrogens (primary N) is 1. The number of nitrogens with one attached hydrogen (secondary N) is 1. The molecule has 8 rings (SSSR count). The standard InChI is InChI=1S/C62H71N9O12S/c1-5-49-50-29-40(3)17-24-54(50)67-56-51(49)35-71-55(56)31-53-52(58(71)76)39-81-59(77)62(53,6-2)83-61(78)82-36-41-18-20-44(21-19-41)66-57(75)43(14-10-11-25-63)30-48(74)38-80-37-47(73)16-12-27-79-28-26-70-34-45(68-69-70)22-23-46(72)15-9-7-8-13-42-32-64-60(84-4)65-33-42/h17-21,24,29,31-34,43H,5-7,9-12,14-16,22-23,25-28,30,35-39,63H2,1-4H3,(H,66,75)/t43-,62+/m1/s1. The highest BCUT2D eigenvalue weighted by atomic mass is 32.2. The number of cyclic esters (lactones) is 1. The van der Waals surface area contributed by atoms with Crippen LogP contribution in [0.2, 0.25) is 0 Å². The Balaban J connectivity index is 0.727. The third kappa shape index (κ3) is 16.0. The van der Waals surface area contributed by atoms with Crippen LogP contribution in [0.15, 0.2) is 77.1 Å². The SMILES string of the molecule is CCc1c2c(nc3ccc(C)cc13)-c1cc3c(c(=O)n1C2)COC(=O)[C@@]3(CC)OC(=O)OCc1ccc(NC(=O)[C@H](CCCCN)CC(=O)COCC(=O)CCCOCCn2cc(CCC(=O)CCCC#Cc3cnc(SC)nc3)nn2)cc1. The number of ketones is 3. The average molecular weight is 1170 g/mol. The Labute approximate surface area is 491 Å². The molecule has 0 unspecified atom stereocenters. The van der Waals surface area contributed by atoms with Gasteiger partial charge in [-0.15, -0.1) is 5.10 Å². The number of carbonyl (C=O) groups excluding carboxylic acids is 6. The van der Waals surface area contributed by atoms with E-state index in [9.17, 15) is 33.6 Å². The molecule has 22 heteroatoms. The van der Waals surface area contributed by atoms with Gasteiger partial charge in [0.15, 0.2) is 16.7 Å². The molecule has 6 aromatic rings. The lowest BCUT2D eigenvalue weighted by Crippen LogP contribution is -2.47. The molecular weight excluding hydrogens is 1090 g/mol. The number of hydrogen-bond acceptors (Lipinski definition) is 19. The highest BCUT2D eigenvalue weighted by Gasteiger charge is 2.51. The normalized spacial score (nSPS) is 14.4. The van der Waals surface area contributed by atoms with E-state index in [0.29, 0.717) is 118 Å². The number of amides is 1. The first kappa shape index (κ1) is 62.1. The first-order valence-electron chi connectivity index (χ1n) is 28.5. The fourth-order valence-electron chi connectivity index (χ4n) is 10.2. The molecule has 21 nitrogen and oxygen atoms in total. The number of anilines is 1. The molecule has 2 aliphatic heterocycles. The summed E-state index contributed by atoms with van der Waals surface area (Å²) < 4.78 is 31.3. The second kappa shape index (κ2) is 30.0. The van der Waals surface area contributed by atoms with Gasteiger partial charge >= 0.3 is 12.1 Å². The molecule has 0 saturated heterocycles. The number of benzene rings is 2. The highest BCUT2D eigenvalue weighted by Crippen LogP contribution is 2.42. The van der Waals surface area contributed by atoms with Crippen LogP contribution < -0.4 is 16.6 Å². The van der Waals surface area contributed by atoms with Gasteiger partial charge in [0.05, 0.1) is 53.4 Å². The Bertz CT molecular complexity index is 3480. The lowest BCUT2D eigenvalue weighted by molar-refractivity contribution is -0.175. The number of nitrogens with zero attached hydrogens (tertiary/aromatic N) is 7. The van der Waals surface area contributed by atoms with Crippen molar-refractivity contribution in [3.05, 3.63) is 122 Å². The van der Waals surface area contributed by atoms with Crippen molar-refractivity contribution in [3.8, 4) is 23.2 Å². The van der Waals surface area contributed by atoms with Gasteiger partial charge in [-0.2, -0.15) is 0 Å². The summed E-state index contributed by atoms with van der Waals surface area (Å²) in [4.78, 5) is 106. The quantitative estimate of drug-likeness (QED) is 0.0137. The van der Waals surface area contributed by atoms with Gasteiger partial charge in [0.2, 0.25) is 11.5 Å². The summed E-state index contributed by atoms with van der Waals surface area (Å²) in [6.07, 6.45) is 11.4. The number of aromatic nitrogens is 7. The van der Waals surface area contributed by atoms with E-state index in [4.69, 9.17) is 34.4 Å². The van der Waals surface area contributed by atoms with Crippen LogP contribution in [0.25, 0.3) is 22.3 Å². The van der Waals surface area contributed by atoms with Crippen molar-refractivity contribution >= 4 is 63.7 Å². The molecule has 0 saturated carbocycles. The Kier molecular flexibility index (Phi) is 22.2. The fraction of sp³-hybridized carbons (Fsp3) is 0.452. The van der Waals surface area contributed by atoms with Gasteiger partial charge < -0.3 is 39.3 Å². The maximum atomic E-state index is 14.2. The average Bonchev–Trinajstić information content (AvgIpc) is 1.70. The van der Waals surface area contributed by atoms with Crippen LogP contribution >= 0.6 is 11.8 Å². The van der Waals surface area contributed by atoms with Gasteiger partial charge in [-0.3, -0.25) is 24.0 Å². The second-order valence-electron chi connectivity index (χ2n) is 20.8. The molecule has 6 heterocycles. The van der Waals surface area contributed by atoms with Gasteiger partial charge in [-0.25, -0.2) is 29.2 Å². The molecule has 0 spiro atoms. The molecule has 2 aromatic carbocycles. The number of ether oxygens (including phenoxy) is 5. The van der Waals surface area contributed by atoms with E-state index in [1.807, 2.05) is 25.3 Å². The van der Waals surface area contributed by atoms with Crippen LogP contribution in [-0.4, -0.2) is 109 Å². The monoisotopic (exact) mass is 1170 g/mol. The summed E-state index contributed by atoms with van der Waals surface area (Å²) in [6, 6.07) is 14.3. The molecule has 0 radical (unpaired) electrons. The Hall–Kier alpha value is -7.97. The van der Waals surface area contributed by atoms with E-state index in [-0.39, 0.29) is 85.6 Å². The number of hydrogen-bond donors (Lipinski definition) is 2. The number of carbonyl (C=O) groups is 6. The van der Waals surface area contributed by atoms with Crippen molar-refractivity contribution in [2.24, 2.45) is 11.7 Å². The summed E-state index contributed by atoms with van der Waals surface area (Å²) in [6.45, 7) is 6.53. The van der Waals surface area contributed by atoms with Crippen LogP contribution in [0.3, 0.4) is 0 Å². The smallest absolute Gasteiger partial charge is 0.457 e. The summed E-state index contributed by atoms with van der Waals surface area (Å²) >= 11 is 1.47. The Morgan fingerprint density at radius 1 is 0.905 bits per heavy atom. The number of rotatable bonds is 31. The van der Waals surface area contributed by atoms with Crippen molar-refractivity contribution in [1.82, 2.24) is 34.5 Å². The zero-order valence-electron chi connectivity index (χ0n) is 48.0. The summed E-state index contributed by atoms with van der Waals surface area (Å²) in [5.41, 5.74) is 11.4. The van der Waals surface area contributed by atoms with Gasteiger partial charge in [-0.05, 0) is 106 Å². The summed E-state index contributed by atoms with van der Waals surface area (Å²) in [5, 5.41) is 12.9. The van der Waals surface area contributed by atoms with E-state index in [0.717, 1.165) is 45.3 Å². The largest absolute Gasteiger partial charge is 0.510 e. The number of Topliss-reactive ketones (excluding diaryl/α,β-unsaturated/α-hetero) is 3. The van der Waals surface area contributed by atoms with Gasteiger partial charge in [0, 0.05) is 85.4 Å². The number of pyridine rings is 2. The maximum absolute atomic E-state index is 14.2. The minimum Gasteiger partial charge on any atom is -0.457 e. The van der Waals surface area contributed by atoms with Crippen LogP contribution in [0.1, 0.15) is 129 Å². The number of unbranched alkanes of at least 4 members (excludes halogenated alkanes) is 2. The first-order chi connectivity index (χ1) is 40.7. The molecule has 2 atom stereocenters. The number of esters is 1. The van der Waals surface area contributed by atoms with Crippen LogP contribution in [0.4, 0.5) is 10.5 Å². The fourth-order valence-corrected chi connectivity index (χ4v) is 10.6. The zero-order valence-corrected chi connectivity index (χ0v) is 48.8. The number of fused-ring (bicyclic) bond motifs is 5. The van der Waals surface area contributed by atoms with E-state index in [1.54, 1.807) is 65.1 Å². The molecule has 1 amide bonds. The predicted octanol–water partition coefficient (Wildman–Crippen LogP) is 7.86. The molecule has 3 N–H and O–H groups in total. The van der Waals surface area contributed by atoms with E-state index < -0.39 is 23.6 Å². The Morgan fingerprint density at radius 2 is 1.69 bits per heavy atom. The molecular formula is C62H71N9O12S. The third-order valence-corrected chi connectivity index (χ3v) is 15.3. The maximum Gasteiger partial charge on any atom is 0.510 e. The van der Waals surface area contributed by atoms with Gasteiger partial charge in [-0.1, -0.05) is 72.8 Å². The van der Waals surface area contributed by atoms with Crippen molar-refractivity contribution < 1.29 is 52.5 Å². The van der Waals surface area contributed by atoms with Crippen molar-refractivity contribution in [2.45, 2.75) is 141 Å². The van der Waals surface area contributed by atoms with Gasteiger partial charge in [0.1, 0.15) is 32.2 Å². The Morgan fingerprint density at radius 3 is 2.45 bits per heavy atom. The van der Waals surface area contributed by atoms with Crippen LogP contribution in [-0.2, 0) is 92.4 Å². The number of thioether (sulfide) groups is 1. The van der Waals surface area contributed by atoms with Crippen LogP contribution in [0, 0.1) is 24.7 Å². The molecule has 2 aliphatic rings. The third-order valence-electron chi connectivity index (χ3n) is 14.8. The van der Waals surface area contributed by atoms with E-state index in [1.165, 1.54) is 11.8 Å². The molecule has 442 valence electrons. The lowest BCUT2D eigenvalue weighted by atomic mass is 9.85. The minimum absolute atomic E-state index is 0.0395. The van der Waals surface area contributed by atoms with E-state index >= 15 is 0 Å². The molecule has 4 aromatic heterocycles. The summed E-state index contributed by atoms with van der Waals surface area (Å²) in [5.74, 6) is 3.84. The van der Waals surface area contributed by atoms with Crippen molar-refractivity contribution in [1.29, 1.82) is 0 Å². The molecule has 0 fully saturated rings. The molecule has 0 bridgehead atoms. The van der Waals surface area contributed by atoms with Crippen molar-refractivity contribution in [3.63, 3.8) is 0 Å². The highest BCUT2D eigenvalue weighted by molar-refractivity contribution is 7.98. The predicted molar refractivity (Wildman–Crippen MR) is 313 cm³/mol. The first-order valence-corrected chi connectivity index (χ1v) is 29.7. The minimum atomic E-state index is -1.96. The number of aryl methyl sites for hydroxylation is 3. The van der Waals surface area contributed by atoms with Gasteiger partial charge in [0.25, 0.3) is 5.56 Å². The second-order valence-corrected chi connectivity index (χ2v) is 21.6. The topological polar surface area (TPSA) is 278 Å². The lowest BCUT2D eigenvalue weighted by Gasteiger charge is -2.35. The molecule has 0 aliphatic carbocycles. The van der Waals surface area contributed by atoms with Crippen LogP contribution in [0.5, 0.6) is 0 Å². The van der Waals surface area contributed by atoms with Crippen molar-refractivity contribution in [2.75, 3.05) is 44.5 Å². The summed E-state index contributed by atoms with van der Waals surface area (Å²) in [7, 11) is 0.